The molecule has 0 bridgehead atoms. The summed E-state index contributed by atoms with van der Waals surface area (Å²) in [4.78, 5) is 10.8. The highest BCUT2D eigenvalue weighted by atomic mass is 35.5. The SMILES string of the molecule is CCC(=O)C(C)OCCCl. The fourth-order valence-corrected chi connectivity index (χ4v) is 0.691. The van der Waals surface area contributed by atoms with Crippen molar-refractivity contribution in [2.45, 2.75) is 26.4 Å². The van der Waals surface area contributed by atoms with E-state index in [4.69, 9.17) is 16.3 Å². The minimum absolute atomic E-state index is 0.130. The van der Waals surface area contributed by atoms with Crippen LogP contribution in [-0.4, -0.2) is 24.4 Å². The third-order valence-electron chi connectivity index (χ3n) is 1.25. The normalized spacial score (nSPS) is 13.1. The van der Waals surface area contributed by atoms with E-state index in [9.17, 15) is 4.79 Å². The van der Waals surface area contributed by atoms with Crippen molar-refractivity contribution in [2.75, 3.05) is 12.5 Å². The summed E-state index contributed by atoms with van der Waals surface area (Å²) in [5.74, 6) is 0.576. The maximum absolute atomic E-state index is 10.8. The maximum atomic E-state index is 10.8. The quantitative estimate of drug-likeness (QED) is 0.578. The molecule has 1 atom stereocenters. The molecule has 0 aliphatic carbocycles. The van der Waals surface area contributed by atoms with E-state index in [1.807, 2.05) is 6.92 Å². The Morgan fingerprint density at radius 1 is 1.70 bits per heavy atom. The summed E-state index contributed by atoms with van der Waals surface area (Å²) in [7, 11) is 0. The van der Waals surface area contributed by atoms with Crippen LogP contribution in [0.25, 0.3) is 0 Å². The molecule has 2 nitrogen and oxygen atoms in total. The summed E-state index contributed by atoms with van der Waals surface area (Å²) < 4.78 is 5.06. The van der Waals surface area contributed by atoms with Gasteiger partial charge in [-0.25, -0.2) is 0 Å². The first kappa shape index (κ1) is 9.92. The van der Waals surface area contributed by atoms with E-state index in [1.165, 1.54) is 0 Å². The van der Waals surface area contributed by atoms with Crippen LogP contribution in [0.3, 0.4) is 0 Å². The van der Waals surface area contributed by atoms with Crippen molar-refractivity contribution in [2.24, 2.45) is 0 Å². The lowest BCUT2D eigenvalue weighted by Gasteiger charge is -2.08. The van der Waals surface area contributed by atoms with Crippen molar-refractivity contribution >= 4 is 17.4 Å². The van der Waals surface area contributed by atoms with Gasteiger partial charge in [0.1, 0.15) is 6.10 Å². The van der Waals surface area contributed by atoms with Crippen LogP contribution in [0.2, 0.25) is 0 Å². The van der Waals surface area contributed by atoms with E-state index >= 15 is 0 Å². The largest absolute Gasteiger partial charge is 0.370 e. The number of hydrogen-bond acceptors (Lipinski definition) is 2. The van der Waals surface area contributed by atoms with Gasteiger partial charge < -0.3 is 4.74 Å². The molecular weight excluding hydrogens is 152 g/mol. The van der Waals surface area contributed by atoms with Crippen LogP contribution in [0.1, 0.15) is 20.3 Å². The van der Waals surface area contributed by atoms with Gasteiger partial charge in [0.15, 0.2) is 5.78 Å². The molecule has 0 aromatic carbocycles. The minimum atomic E-state index is -0.288. The zero-order valence-electron chi connectivity index (χ0n) is 6.39. The molecule has 0 rings (SSSR count). The van der Waals surface area contributed by atoms with Crippen molar-refractivity contribution < 1.29 is 9.53 Å². The van der Waals surface area contributed by atoms with Gasteiger partial charge in [-0.3, -0.25) is 4.79 Å². The number of alkyl halides is 1. The highest BCUT2D eigenvalue weighted by Gasteiger charge is 2.09. The topological polar surface area (TPSA) is 26.3 Å². The summed E-state index contributed by atoms with van der Waals surface area (Å²) in [6.45, 7) is 4.02. The number of Topliss-reactive ketones (excluding diaryl/α,β-unsaturated/α-hetero) is 1. The number of ether oxygens (including phenoxy) is 1. The van der Waals surface area contributed by atoms with Crippen molar-refractivity contribution in [3.05, 3.63) is 0 Å². The van der Waals surface area contributed by atoms with Gasteiger partial charge in [0.05, 0.1) is 6.61 Å². The number of carbonyl (C=O) groups excluding carboxylic acids is 1. The molecule has 0 aromatic rings. The number of hydrogen-bond donors (Lipinski definition) is 0. The number of halogens is 1. The zero-order valence-corrected chi connectivity index (χ0v) is 7.15. The molecule has 0 saturated carbocycles. The van der Waals surface area contributed by atoms with Crippen LogP contribution in [-0.2, 0) is 9.53 Å². The Morgan fingerprint density at radius 2 is 2.30 bits per heavy atom. The lowest BCUT2D eigenvalue weighted by molar-refractivity contribution is -0.128. The number of ketones is 1. The lowest BCUT2D eigenvalue weighted by atomic mass is 10.2. The van der Waals surface area contributed by atoms with Crippen LogP contribution >= 0.6 is 11.6 Å². The summed E-state index contributed by atoms with van der Waals surface area (Å²) >= 11 is 5.36. The Hall–Kier alpha value is -0.0800. The van der Waals surface area contributed by atoms with Gasteiger partial charge in [0.25, 0.3) is 0 Å². The van der Waals surface area contributed by atoms with Crippen LogP contribution < -0.4 is 0 Å². The number of rotatable bonds is 5. The summed E-state index contributed by atoms with van der Waals surface area (Å²) in [5, 5.41) is 0. The standard InChI is InChI=1S/C7H13ClO2/c1-3-7(9)6(2)10-5-4-8/h6H,3-5H2,1-2H3. The molecule has 0 aliphatic heterocycles. The van der Waals surface area contributed by atoms with Gasteiger partial charge in [0.2, 0.25) is 0 Å². The summed E-state index contributed by atoms with van der Waals surface area (Å²) in [6, 6.07) is 0. The van der Waals surface area contributed by atoms with E-state index < -0.39 is 0 Å². The molecule has 0 aliphatic rings. The second-order valence-corrected chi connectivity index (χ2v) is 2.40. The third-order valence-corrected chi connectivity index (χ3v) is 1.40. The van der Waals surface area contributed by atoms with Crippen molar-refractivity contribution in [1.82, 2.24) is 0 Å². The van der Waals surface area contributed by atoms with Crippen LogP contribution in [0, 0.1) is 0 Å². The van der Waals surface area contributed by atoms with E-state index in [2.05, 4.69) is 0 Å². The highest BCUT2D eigenvalue weighted by Crippen LogP contribution is 1.96. The van der Waals surface area contributed by atoms with Crippen LogP contribution in [0.15, 0.2) is 0 Å². The zero-order chi connectivity index (χ0) is 7.98. The fraction of sp³-hybridized carbons (Fsp3) is 0.857. The Morgan fingerprint density at radius 3 is 2.70 bits per heavy atom. The van der Waals surface area contributed by atoms with Gasteiger partial charge in [-0.15, -0.1) is 11.6 Å². The Bertz CT molecular complexity index is 104. The molecule has 0 N–H and O–H groups in total. The molecule has 0 heterocycles. The summed E-state index contributed by atoms with van der Waals surface area (Å²) in [6.07, 6.45) is 0.243. The monoisotopic (exact) mass is 164 g/mol. The van der Waals surface area contributed by atoms with Gasteiger partial charge in [-0.05, 0) is 6.92 Å². The van der Waals surface area contributed by atoms with Crippen molar-refractivity contribution in [1.29, 1.82) is 0 Å². The van der Waals surface area contributed by atoms with E-state index in [0.29, 0.717) is 18.9 Å². The molecule has 0 radical (unpaired) electrons. The Balaban J connectivity index is 3.41. The fourth-order valence-electron chi connectivity index (χ4n) is 0.602. The average molecular weight is 165 g/mol. The Kier molecular flexibility index (Phi) is 5.64. The van der Waals surface area contributed by atoms with Gasteiger partial charge in [0, 0.05) is 12.3 Å². The lowest BCUT2D eigenvalue weighted by Crippen LogP contribution is -2.20. The first-order valence-electron chi connectivity index (χ1n) is 3.42. The molecule has 3 heteroatoms. The highest BCUT2D eigenvalue weighted by molar-refractivity contribution is 6.17. The maximum Gasteiger partial charge on any atom is 0.160 e. The molecular formula is C7H13ClO2. The Labute approximate surface area is 66.5 Å². The molecule has 10 heavy (non-hydrogen) atoms. The average Bonchev–Trinajstić information content (AvgIpc) is 1.98. The molecule has 60 valence electrons. The van der Waals surface area contributed by atoms with E-state index in [0.717, 1.165) is 0 Å². The van der Waals surface area contributed by atoms with Crippen molar-refractivity contribution in [3.8, 4) is 0 Å². The second-order valence-electron chi connectivity index (χ2n) is 2.02. The summed E-state index contributed by atoms with van der Waals surface area (Å²) in [5.41, 5.74) is 0. The molecule has 0 spiro atoms. The van der Waals surface area contributed by atoms with Crippen LogP contribution in [0.4, 0.5) is 0 Å². The van der Waals surface area contributed by atoms with Gasteiger partial charge in [-0.2, -0.15) is 0 Å². The molecule has 1 unspecified atom stereocenters. The van der Waals surface area contributed by atoms with Crippen LogP contribution in [0.5, 0.6) is 0 Å². The third kappa shape index (κ3) is 3.85. The molecule has 0 fully saturated rings. The molecule has 0 amide bonds. The molecule has 0 aromatic heterocycles. The van der Waals surface area contributed by atoms with E-state index in [1.54, 1.807) is 6.92 Å². The number of carbonyl (C=O) groups is 1. The first-order valence-corrected chi connectivity index (χ1v) is 3.96. The van der Waals surface area contributed by atoms with Gasteiger partial charge >= 0.3 is 0 Å². The van der Waals surface area contributed by atoms with Gasteiger partial charge in [-0.1, -0.05) is 6.92 Å². The predicted octanol–water partition coefficient (Wildman–Crippen LogP) is 1.61. The smallest absolute Gasteiger partial charge is 0.160 e. The minimum Gasteiger partial charge on any atom is -0.370 e. The second kappa shape index (κ2) is 5.69. The first-order chi connectivity index (χ1) is 4.72. The molecule has 0 saturated heterocycles. The van der Waals surface area contributed by atoms with E-state index in [-0.39, 0.29) is 11.9 Å². The predicted molar refractivity (Wildman–Crippen MR) is 41.4 cm³/mol. The van der Waals surface area contributed by atoms with Crippen molar-refractivity contribution in [3.63, 3.8) is 0 Å².